The molecule has 2 heterocycles. The van der Waals surface area contributed by atoms with Gasteiger partial charge in [0.25, 0.3) is 0 Å². The largest absolute Gasteiger partial charge is 0.372 e. The molecule has 0 aromatic heterocycles. The van der Waals surface area contributed by atoms with Crippen LogP contribution in [0.3, 0.4) is 0 Å². The van der Waals surface area contributed by atoms with Crippen molar-refractivity contribution in [3.05, 3.63) is 0 Å². The van der Waals surface area contributed by atoms with Crippen LogP contribution in [0.5, 0.6) is 0 Å². The fraction of sp³-hybridized carbons (Fsp3) is 1.00. The molecule has 0 spiro atoms. The lowest BCUT2D eigenvalue weighted by Crippen LogP contribution is -1.94. The number of epoxide rings is 2. The summed E-state index contributed by atoms with van der Waals surface area (Å²) in [7, 11) is 0. The van der Waals surface area contributed by atoms with Crippen molar-refractivity contribution in [2.24, 2.45) is 0 Å². The summed E-state index contributed by atoms with van der Waals surface area (Å²) in [6, 6.07) is 0. The lowest BCUT2D eigenvalue weighted by atomic mass is 10.6. The maximum absolute atomic E-state index is 5.13. The van der Waals surface area contributed by atoms with E-state index < -0.39 is 0 Å². The average Bonchev–Trinajstić information content (AvgIpc) is 2.99. The summed E-state index contributed by atoms with van der Waals surface area (Å²) in [6.07, 6.45) is 2.52. The first-order chi connectivity index (χ1) is 6.45. The van der Waals surface area contributed by atoms with Gasteiger partial charge in [-0.25, -0.2) is 0 Å². The normalized spacial score (nSPS) is 30.5. The van der Waals surface area contributed by atoms with Crippen LogP contribution in [0, 0.1) is 0 Å². The van der Waals surface area contributed by atoms with Gasteiger partial charge < -0.3 is 9.47 Å². The molecule has 2 saturated heterocycles. The van der Waals surface area contributed by atoms with Crippen molar-refractivity contribution in [3.63, 3.8) is 0 Å². The lowest BCUT2D eigenvalue weighted by molar-refractivity contribution is 0.426. The Labute approximate surface area is 88.1 Å². The molecule has 2 aliphatic heterocycles. The van der Waals surface area contributed by atoms with Crippen LogP contribution < -0.4 is 0 Å². The predicted molar refractivity (Wildman–Crippen MR) is 58.7 cm³/mol. The number of hydrogen-bond donors (Lipinski definition) is 0. The molecule has 13 heavy (non-hydrogen) atoms. The third kappa shape index (κ3) is 5.15. The molecule has 0 radical (unpaired) electrons. The van der Waals surface area contributed by atoms with E-state index in [0.717, 1.165) is 13.2 Å². The fourth-order valence-electron chi connectivity index (χ4n) is 1.02. The molecule has 76 valence electrons. The molecule has 4 heteroatoms. The fourth-order valence-corrected chi connectivity index (χ4v) is 3.14. The van der Waals surface area contributed by atoms with Gasteiger partial charge in [0, 0.05) is 11.5 Å². The van der Waals surface area contributed by atoms with Crippen LogP contribution in [0.25, 0.3) is 0 Å². The van der Waals surface area contributed by atoms with Crippen molar-refractivity contribution < 1.29 is 9.47 Å². The SMILES string of the molecule is C(CSCC1CO1)CSCC1CO1. The Bertz CT molecular complexity index is 131. The molecule has 2 fully saturated rings. The van der Waals surface area contributed by atoms with Gasteiger partial charge in [0.1, 0.15) is 0 Å². The Morgan fingerprint density at radius 2 is 1.38 bits per heavy atom. The number of rotatable bonds is 8. The van der Waals surface area contributed by atoms with E-state index in [-0.39, 0.29) is 0 Å². The summed E-state index contributed by atoms with van der Waals surface area (Å²) in [6.45, 7) is 2.00. The third-order valence-corrected chi connectivity index (χ3v) is 4.36. The van der Waals surface area contributed by atoms with Gasteiger partial charge in [0.2, 0.25) is 0 Å². The van der Waals surface area contributed by atoms with Gasteiger partial charge in [-0.15, -0.1) is 0 Å². The first kappa shape index (κ1) is 10.1. The number of thioether (sulfide) groups is 2. The molecule has 2 unspecified atom stereocenters. The molecule has 0 amide bonds. The number of ether oxygens (including phenoxy) is 2. The van der Waals surface area contributed by atoms with E-state index in [9.17, 15) is 0 Å². The van der Waals surface area contributed by atoms with Crippen molar-refractivity contribution in [3.8, 4) is 0 Å². The Morgan fingerprint density at radius 3 is 1.77 bits per heavy atom. The van der Waals surface area contributed by atoms with E-state index in [1.165, 1.54) is 29.4 Å². The molecular weight excluding hydrogens is 204 g/mol. The van der Waals surface area contributed by atoms with Gasteiger partial charge in [0.05, 0.1) is 25.4 Å². The molecule has 0 N–H and O–H groups in total. The average molecular weight is 220 g/mol. The van der Waals surface area contributed by atoms with Crippen molar-refractivity contribution >= 4 is 23.5 Å². The Kier molecular flexibility index (Phi) is 4.28. The second-order valence-electron chi connectivity index (χ2n) is 3.41. The van der Waals surface area contributed by atoms with Crippen molar-refractivity contribution in [1.29, 1.82) is 0 Å². The number of hydrogen-bond acceptors (Lipinski definition) is 4. The zero-order chi connectivity index (χ0) is 8.93. The van der Waals surface area contributed by atoms with E-state index in [1.54, 1.807) is 0 Å². The monoisotopic (exact) mass is 220 g/mol. The second-order valence-corrected chi connectivity index (χ2v) is 5.71. The van der Waals surface area contributed by atoms with E-state index in [4.69, 9.17) is 9.47 Å². The summed E-state index contributed by atoms with van der Waals surface area (Å²) in [5.41, 5.74) is 0. The highest BCUT2D eigenvalue weighted by Gasteiger charge is 2.22. The minimum absolute atomic E-state index is 0.595. The van der Waals surface area contributed by atoms with Crippen LogP contribution in [0.4, 0.5) is 0 Å². The smallest absolute Gasteiger partial charge is 0.0900 e. The van der Waals surface area contributed by atoms with Gasteiger partial charge >= 0.3 is 0 Å². The predicted octanol–water partition coefficient (Wildman–Crippen LogP) is 1.64. The molecule has 0 bridgehead atoms. The summed E-state index contributed by atoms with van der Waals surface area (Å²) in [5, 5.41) is 0. The van der Waals surface area contributed by atoms with E-state index in [1.807, 2.05) is 23.5 Å². The van der Waals surface area contributed by atoms with Crippen LogP contribution >= 0.6 is 23.5 Å². The highest BCUT2D eigenvalue weighted by Crippen LogP contribution is 2.19. The zero-order valence-corrected chi connectivity index (χ0v) is 9.37. The van der Waals surface area contributed by atoms with Crippen molar-refractivity contribution in [2.75, 3.05) is 36.2 Å². The molecule has 2 atom stereocenters. The summed E-state index contributed by atoms with van der Waals surface area (Å²) >= 11 is 4.06. The van der Waals surface area contributed by atoms with Crippen molar-refractivity contribution in [1.82, 2.24) is 0 Å². The molecule has 0 aromatic carbocycles. The molecule has 2 rings (SSSR count). The van der Waals surface area contributed by atoms with E-state index >= 15 is 0 Å². The van der Waals surface area contributed by atoms with Gasteiger partial charge in [-0.05, 0) is 17.9 Å². The zero-order valence-electron chi connectivity index (χ0n) is 7.74. The highest BCUT2D eigenvalue weighted by molar-refractivity contribution is 8.00. The first-order valence-electron chi connectivity index (χ1n) is 4.84. The van der Waals surface area contributed by atoms with Gasteiger partial charge in [0.15, 0.2) is 0 Å². The summed E-state index contributed by atoms with van der Waals surface area (Å²) in [5.74, 6) is 4.99. The minimum Gasteiger partial charge on any atom is -0.372 e. The Morgan fingerprint density at radius 1 is 0.923 bits per heavy atom. The molecule has 2 nitrogen and oxygen atoms in total. The minimum atomic E-state index is 0.595. The van der Waals surface area contributed by atoms with Gasteiger partial charge in [-0.2, -0.15) is 23.5 Å². The van der Waals surface area contributed by atoms with Gasteiger partial charge in [-0.3, -0.25) is 0 Å². The van der Waals surface area contributed by atoms with Crippen molar-refractivity contribution in [2.45, 2.75) is 18.6 Å². The highest BCUT2D eigenvalue weighted by atomic mass is 32.2. The Hall–Kier alpha value is 0.620. The summed E-state index contributed by atoms with van der Waals surface area (Å²) < 4.78 is 10.3. The maximum atomic E-state index is 5.13. The molecular formula is C9H16O2S2. The second kappa shape index (κ2) is 5.49. The van der Waals surface area contributed by atoms with E-state index in [0.29, 0.717) is 12.2 Å². The van der Waals surface area contributed by atoms with Crippen LogP contribution in [0.1, 0.15) is 6.42 Å². The van der Waals surface area contributed by atoms with Crippen LogP contribution in [-0.4, -0.2) is 48.4 Å². The van der Waals surface area contributed by atoms with E-state index in [2.05, 4.69) is 0 Å². The quantitative estimate of drug-likeness (QED) is 0.459. The van der Waals surface area contributed by atoms with Gasteiger partial charge in [-0.1, -0.05) is 0 Å². The third-order valence-electron chi connectivity index (χ3n) is 1.99. The first-order valence-corrected chi connectivity index (χ1v) is 7.15. The standard InChI is InChI=1S/C9H16O2S2/c1(2-12-6-8-4-10-8)3-13-7-9-5-11-9/h8-9H,1-7H2. The van der Waals surface area contributed by atoms with Crippen LogP contribution in [0.15, 0.2) is 0 Å². The van der Waals surface area contributed by atoms with Crippen LogP contribution in [-0.2, 0) is 9.47 Å². The maximum Gasteiger partial charge on any atom is 0.0900 e. The Balaban J connectivity index is 1.28. The molecule has 0 aliphatic carbocycles. The lowest BCUT2D eigenvalue weighted by Gasteiger charge is -1.99. The summed E-state index contributed by atoms with van der Waals surface area (Å²) in [4.78, 5) is 0. The molecule has 0 saturated carbocycles. The van der Waals surface area contributed by atoms with Crippen LogP contribution in [0.2, 0.25) is 0 Å². The molecule has 0 aromatic rings. The topological polar surface area (TPSA) is 25.1 Å². The molecule has 2 aliphatic rings.